The normalized spacial score (nSPS) is 11.1. The fourth-order valence-corrected chi connectivity index (χ4v) is 1.90. The lowest BCUT2D eigenvalue weighted by Crippen LogP contribution is -2.15. The van der Waals surface area contributed by atoms with E-state index in [-0.39, 0.29) is 0 Å². The highest BCUT2D eigenvalue weighted by molar-refractivity contribution is 7.09. The van der Waals surface area contributed by atoms with Crippen LogP contribution in [0.5, 0.6) is 0 Å². The summed E-state index contributed by atoms with van der Waals surface area (Å²) in [6, 6.07) is 0. The van der Waals surface area contributed by atoms with Gasteiger partial charge in [0.25, 0.3) is 0 Å². The van der Waals surface area contributed by atoms with E-state index < -0.39 is 0 Å². The predicted octanol–water partition coefficient (Wildman–Crippen LogP) is 1.36. The lowest BCUT2D eigenvalue weighted by Gasteiger charge is -2.06. The standard InChI is InChI=1S/C10H19N3S/c1-4-11-7-9-8-14-10(12-9)5-6-13(2)3/h8,11H,4-7H2,1-3H3. The highest BCUT2D eigenvalue weighted by Crippen LogP contribution is 2.10. The molecule has 14 heavy (non-hydrogen) atoms. The predicted molar refractivity (Wildman–Crippen MR) is 61.8 cm³/mol. The van der Waals surface area contributed by atoms with Gasteiger partial charge in [0.2, 0.25) is 0 Å². The molecule has 0 atom stereocenters. The highest BCUT2D eigenvalue weighted by atomic mass is 32.1. The SMILES string of the molecule is CCNCc1csc(CCN(C)C)n1. The third-order valence-corrected chi connectivity index (χ3v) is 2.89. The van der Waals surface area contributed by atoms with E-state index in [2.05, 4.69) is 41.6 Å². The van der Waals surface area contributed by atoms with E-state index >= 15 is 0 Å². The molecule has 0 unspecified atom stereocenters. The Kier molecular flexibility index (Phi) is 5.07. The third-order valence-electron chi connectivity index (χ3n) is 1.93. The van der Waals surface area contributed by atoms with E-state index in [1.54, 1.807) is 11.3 Å². The Labute approximate surface area is 90.2 Å². The van der Waals surface area contributed by atoms with Crippen LogP contribution in [0, 0.1) is 0 Å². The van der Waals surface area contributed by atoms with Crippen LogP contribution in [0.25, 0.3) is 0 Å². The highest BCUT2D eigenvalue weighted by Gasteiger charge is 2.01. The summed E-state index contributed by atoms with van der Waals surface area (Å²) in [4.78, 5) is 6.73. The van der Waals surface area contributed by atoms with E-state index in [1.165, 1.54) is 10.7 Å². The summed E-state index contributed by atoms with van der Waals surface area (Å²) in [6.07, 6.45) is 1.06. The van der Waals surface area contributed by atoms with E-state index in [4.69, 9.17) is 0 Å². The molecule has 0 fully saturated rings. The van der Waals surface area contributed by atoms with Crippen LogP contribution in [0.4, 0.5) is 0 Å². The number of nitrogens with zero attached hydrogens (tertiary/aromatic N) is 2. The number of likely N-dealkylation sites (N-methyl/N-ethyl adjacent to an activating group) is 1. The molecule has 0 saturated carbocycles. The van der Waals surface area contributed by atoms with Crippen molar-refractivity contribution in [3.63, 3.8) is 0 Å². The van der Waals surface area contributed by atoms with Crippen LogP contribution in [-0.2, 0) is 13.0 Å². The van der Waals surface area contributed by atoms with Crippen LogP contribution >= 0.6 is 11.3 Å². The van der Waals surface area contributed by atoms with E-state index in [9.17, 15) is 0 Å². The summed E-state index contributed by atoms with van der Waals surface area (Å²) in [5.74, 6) is 0. The van der Waals surface area contributed by atoms with Gasteiger partial charge in [0.1, 0.15) is 0 Å². The van der Waals surface area contributed by atoms with Crippen LogP contribution < -0.4 is 5.32 Å². The Bertz CT molecular complexity index is 258. The molecule has 0 spiro atoms. The van der Waals surface area contributed by atoms with E-state index in [0.717, 1.165) is 26.1 Å². The van der Waals surface area contributed by atoms with Crippen molar-refractivity contribution in [2.24, 2.45) is 0 Å². The molecular formula is C10H19N3S. The van der Waals surface area contributed by atoms with Gasteiger partial charge in [0.05, 0.1) is 10.7 Å². The minimum absolute atomic E-state index is 0.898. The summed E-state index contributed by atoms with van der Waals surface area (Å²) in [5.41, 5.74) is 1.17. The minimum atomic E-state index is 0.898. The topological polar surface area (TPSA) is 28.2 Å². The molecule has 0 aromatic carbocycles. The average molecular weight is 213 g/mol. The van der Waals surface area contributed by atoms with Gasteiger partial charge in [-0.25, -0.2) is 4.98 Å². The van der Waals surface area contributed by atoms with Gasteiger partial charge in [-0.05, 0) is 20.6 Å². The van der Waals surface area contributed by atoms with Gasteiger partial charge >= 0.3 is 0 Å². The first-order valence-corrected chi connectivity index (χ1v) is 5.89. The van der Waals surface area contributed by atoms with Gasteiger partial charge in [-0.3, -0.25) is 0 Å². The first kappa shape index (κ1) is 11.6. The molecule has 0 aliphatic heterocycles. The molecule has 0 bridgehead atoms. The van der Waals surface area contributed by atoms with E-state index in [0.29, 0.717) is 0 Å². The number of hydrogen-bond donors (Lipinski definition) is 1. The second-order valence-electron chi connectivity index (χ2n) is 3.57. The average Bonchev–Trinajstić information content (AvgIpc) is 2.59. The molecular weight excluding hydrogens is 194 g/mol. The molecule has 1 N–H and O–H groups in total. The molecule has 0 radical (unpaired) electrons. The quantitative estimate of drug-likeness (QED) is 0.773. The monoisotopic (exact) mass is 213 g/mol. The minimum Gasteiger partial charge on any atom is -0.311 e. The van der Waals surface area contributed by atoms with Gasteiger partial charge in [-0.2, -0.15) is 0 Å². The van der Waals surface area contributed by atoms with Crippen molar-refractivity contribution in [1.82, 2.24) is 15.2 Å². The summed E-state index contributed by atoms with van der Waals surface area (Å²) in [7, 11) is 4.18. The Hall–Kier alpha value is -0.450. The van der Waals surface area contributed by atoms with Crippen molar-refractivity contribution in [1.29, 1.82) is 0 Å². The number of aromatic nitrogens is 1. The van der Waals surface area contributed by atoms with Crippen LogP contribution in [0.15, 0.2) is 5.38 Å². The van der Waals surface area contributed by atoms with Crippen LogP contribution in [0.2, 0.25) is 0 Å². The number of rotatable bonds is 6. The summed E-state index contributed by atoms with van der Waals surface area (Å²) in [5, 5.41) is 6.67. The zero-order valence-corrected chi connectivity index (χ0v) is 10.0. The Morgan fingerprint density at radius 2 is 2.29 bits per heavy atom. The third kappa shape index (κ3) is 4.17. The molecule has 3 nitrogen and oxygen atoms in total. The molecule has 0 amide bonds. The number of thiazole rings is 1. The maximum Gasteiger partial charge on any atom is 0.0941 e. The molecule has 0 aliphatic carbocycles. The van der Waals surface area contributed by atoms with Crippen molar-refractivity contribution in [3.05, 3.63) is 16.1 Å². The maximum absolute atomic E-state index is 4.55. The van der Waals surface area contributed by atoms with Crippen LogP contribution in [0.1, 0.15) is 17.6 Å². The molecule has 1 aromatic heterocycles. The van der Waals surface area contributed by atoms with Crippen molar-refractivity contribution < 1.29 is 0 Å². The fraction of sp³-hybridized carbons (Fsp3) is 0.700. The lowest BCUT2D eigenvalue weighted by molar-refractivity contribution is 0.413. The second kappa shape index (κ2) is 6.11. The van der Waals surface area contributed by atoms with Crippen LogP contribution in [0.3, 0.4) is 0 Å². The van der Waals surface area contributed by atoms with Crippen molar-refractivity contribution in [2.45, 2.75) is 19.9 Å². The number of nitrogens with one attached hydrogen (secondary N) is 1. The van der Waals surface area contributed by atoms with Gasteiger partial charge in [-0.15, -0.1) is 11.3 Å². The Morgan fingerprint density at radius 1 is 1.50 bits per heavy atom. The summed E-state index contributed by atoms with van der Waals surface area (Å²) < 4.78 is 0. The fourth-order valence-electron chi connectivity index (χ4n) is 1.12. The van der Waals surface area contributed by atoms with Crippen molar-refractivity contribution >= 4 is 11.3 Å². The number of hydrogen-bond acceptors (Lipinski definition) is 4. The first-order chi connectivity index (χ1) is 6.72. The van der Waals surface area contributed by atoms with Crippen molar-refractivity contribution in [2.75, 3.05) is 27.2 Å². The zero-order valence-electron chi connectivity index (χ0n) is 9.21. The smallest absolute Gasteiger partial charge is 0.0941 e. The van der Waals surface area contributed by atoms with E-state index in [1.807, 2.05) is 0 Å². The molecule has 4 heteroatoms. The zero-order chi connectivity index (χ0) is 10.4. The second-order valence-corrected chi connectivity index (χ2v) is 4.51. The molecule has 0 aliphatic rings. The molecule has 1 aromatic rings. The lowest BCUT2D eigenvalue weighted by atomic mass is 10.4. The van der Waals surface area contributed by atoms with Gasteiger partial charge < -0.3 is 10.2 Å². The molecule has 80 valence electrons. The molecule has 1 heterocycles. The Balaban J connectivity index is 2.35. The summed E-state index contributed by atoms with van der Waals surface area (Å²) in [6.45, 7) is 5.09. The van der Waals surface area contributed by atoms with Gasteiger partial charge in [0, 0.05) is 24.9 Å². The first-order valence-electron chi connectivity index (χ1n) is 5.01. The largest absolute Gasteiger partial charge is 0.311 e. The van der Waals surface area contributed by atoms with Crippen molar-refractivity contribution in [3.8, 4) is 0 Å². The van der Waals surface area contributed by atoms with Gasteiger partial charge in [0.15, 0.2) is 0 Å². The molecule has 1 rings (SSSR count). The summed E-state index contributed by atoms with van der Waals surface area (Å²) >= 11 is 1.76. The Morgan fingerprint density at radius 3 is 2.93 bits per heavy atom. The molecule has 0 saturated heterocycles. The van der Waals surface area contributed by atoms with Crippen LogP contribution in [-0.4, -0.2) is 37.1 Å². The van der Waals surface area contributed by atoms with Gasteiger partial charge in [-0.1, -0.05) is 6.92 Å². The maximum atomic E-state index is 4.55.